The van der Waals surface area contributed by atoms with Crippen LogP contribution in [0.2, 0.25) is 0 Å². The van der Waals surface area contributed by atoms with Crippen molar-refractivity contribution in [2.75, 3.05) is 6.61 Å². The summed E-state index contributed by atoms with van der Waals surface area (Å²) >= 11 is 0. The number of allylic oxidation sites excluding steroid dienone is 2. The summed E-state index contributed by atoms with van der Waals surface area (Å²) in [6, 6.07) is 0. The van der Waals surface area contributed by atoms with Crippen LogP contribution in [0.25, 0.3) is 0 Å². The van der Waals surface area contributed by atoms with E-state index in [0.29, 0.717) is 6.61 Å². The molecule has 2 heteroatoms. The highest BCUT2D eigenvalue weighted by Crippen LogP contribution is 2.17. The monoisotopic (exact) mass is 176 g/mol. The number of carbonyl (C=O) groups excluding carboxylic acids is 1. The van der Waals surface area contributed by atoms with Gasteiger partial charge in [-0.3, -0.25) is 4.79 Å². The molecule has 0 heterocycles. The Morgan fingerprint density at radius 2 is 2.08 bits per heavy atom. The van der Waals surface area contributed by atoms with Crippen LogP contribution in [0.3, 0.4) is 0 Å². The number of ketones is 1. The van der Waals surface area contributed by atoms with Crippen molar-refractivity contribution in [3.8, 4) is 11.8 Å². The molecule has 0 spiro atoms. The second-order valence-electron chi connectivity index (χ2n) is 2.97. The van der Waals surface area contributed by atoms with Crippen LogP contribution >= 0.6 is 0 Å². The van der Waals surface area contributed by atoms with Gasteiger partial charge in [-0.15, -0.1) is 5.92 Å². The van der Waals surface area contributed by atoms with Gasteiger partial charge in [0.25, 0.3) is 0 Å². The summed E-state index contributed by atoms with van der Waals surface area (Å²) in [5.74, 6) is 5.55. The first-order chi connectivity index (χ1) is 6.16. The highest BCUT2D eigenvalue weighted by Gasteiger charge is 2.20. The van der Waals surface area contributed by atoms with Crippen LogP contribution in [-0.2, 0) is 9.53 Å². The van der Waals surface area contributed by atoms with Crippen LogP contribution in [0, 0.1) is 11.8 Å². The zero-order valence-electron chi connectivity index (χ0n) is 7.83. The van der Waals surface area contributed by atoms with E-state index in [1.807, 2.05) is 6.92 Å². The summed E-state index contributed by atoms with van der Waals surface area (Å²) in [5.41, 5.74) is -0.474. The molecule has 0 amide bonds. The van der Waals surface area contributed by atoms with Crippen molar-refractivity contribution < 1.29 is 9.53 Å². The fourth-order valence-corrected chi connectivity index (χ4v) is 0.966. The quantitative estimate of drug-likeness (QED) is 0.596. The summed E-state index contributed by atoms with van der Waals surface area (Å²) in [6.45, 7) is 4.04. The lowest BCUT2D eigenvalue weighted by molar-refractivity contribution is -0.110. The lowest BCUT2D eigenvalue weighted by Crippen LogP contribution is -2.26. The van der Waals surface area contributed by atoms with Gasteiger partial charge in [0.15, 0.2) is 5.78 Å². The first kappa shape index (κ1) is 9.76. The zero-order valence-corrected chi connectivity index (χ0v) is 7.83. The average molecular weight is 176 g/mol. The van der Waals surface area contributed by atoms with E-state index in [1.54, 1.807) is 19.1 Å². The number of hydrogen-bond donors (Lipinski definition) is 0. The fraction of sp³-hybridized carbons (Fsp3) is 0.364. The van der Waals surface area contributed by atoms with Crippen molar-refractivity contribution in [1.82, 2.24) is 0 Å². The van der Waals surface area contributed by atoms with Crippen LogP contribution in [-0.4, -0.2) is 18.0 Å². The third-order valence-electron chi connectivity index (χ3n) is 1.79. The van der Waals surface area contributed by atoms with Crippen molar-refractivity contribution in [2.45, 2.75) is 19.4 Å². The van der Waals surface area contributed by atoms with E-state index >= 15 is 0 Å². The highest BCUT2D eigenvalue weighted by molar-refractivity contribution is 6.00. The van der Waals surface area contributed by atoms with Gasteiger partial charge in [-0.05, 0) is 38.2 Å². The molecule has 0 aliphatic heterocycles. The topological polar surface area (TPSA) is 26.3 Å². The Balaban J connectivity index is 2.56. The number of hydrogen-bond acceptors (Lipinski definition) is 2. The Bertz CT molecular complexity index is 297. The van der Waals surface area contributed by atoms with Gasteiger partial charge in [0.1, 0.15) is 12.2 Å². The van der Waals surface area contributed by atoms with Crippen molar-refractivity contribution >= 4 is 5.78 Å². The summed E-state index contributed by atoms with van der Waals surface area (Å²) in [5, 5.41) is 0. The standard InChI is InChI=1S/C11H12O2/c1-3-4-9-13-11(2)7-5-10(12)6-8-11/h5-8H,9H2,1-2H3. The summed E-state index contributed by atoms with van der Waals surface area (Å²) in [6.07, 6.45) is 6.51. The maximum Gasteiger partial charge on any atom is 0.178 e. The molecule has 0 bridgehead atoms. The van der Waals surface area contributed by atoms with Crippen molar-refractivity contribution in [2.24, 2.45) is 0 Å². The molecule has 1 aliphatic carbocycles. The average Bonchev–Trinajstić information content (AvgIpc) is 2.12. The maximum atomic E-state index is 10.8. The van der Waals surface area contributed by atoms with Crippen LogP contribution in [0.5, 0.6) is 0 Å². The SMILES string of the molecule is CC#CCOC1(C)C=CC(=O)C=C1. The van der Waals surface area contributed by atoms with Crippen LogP contribution in [0.1, 0.15) is 13.8 Å². The van der Waals surface area contributed by atoms with Crippen molar-refractivity contribution in [3.05, 3.63) is 24.3 Å². The third kappa shape index (κ3) is 2.89. The molecular weight excluding hydrogens is 164 g/mol. The van der Waals surface area contributed by atoms with Gasteiger partial charge in [-0.1, -0.05) is 5.92 Å². The molecule has 1 aliphatic rings. The largest absolute Gasteiger partial charge is 0.354 e. The molecular formula is C11H12O2. The highest BCUT2D eigenvalue weighted by atomic mass is 16.5. The Morgan fingerprint density at radius 3 is 2.62 bits per heavy atom. The molecule has 0 atom stereocenters. The molecule has 0 radical (unpaired) electrons. The van der Waals surface area contributed by atoms with Crippen LogP contribution < -0.4 is 0 Å². The molecule has 0 aromatic carbocycles. The van der Waals surface area contributed by atoms with E-state index in [-0.39, 0.29) is 5.78 Å². The van der Waals surface area contributed by atoms with Gasteiger partial charge in [0.05, 0.1) is 0 Å². The first-order valence-corrected chi connectivity index (χ1v) is 4.12. The first-order valence-electron chi connectivity index (χ1n) is 4.12. The third-order valence-corrected chi connectivity index (χ3v) is 1.79. The molecule has 0 aromatic heterocycles. The second-order valence-corrected chi connectivity index (χ2v) is 2.97. The minimum atomic E-state index is -0.474. The summed E-state index contributed by atoms with van der Waals surface area (Å²) in [7, 11) is 0. The molecule has 68 valence electrons. The van der Waals surface area contributed by atoms with E-state index in [9.17, 15) is 4.79 Å². The Kier molecular flexibility index (Phi) is 3.05. The van der Waals surface area contributed by atoms with E-state index in [4.69, 9.17) is 4.74 Å². The molecule has 1 rings (SSSR count). The number of carbonyl (C=O) groups is 1. The van der Waals surface area contributed by atoms with Gasteiger partial charge in [0, 0.05) is 0 Å². The summed E-state index contributed by atoms with van der Waals surface area (Å²) < 4.78 is 5.46. The van der Waals surface area contributed by atoms with E-state index in [0.717, 1.165) is 0 Å². The Morgan fingerprint density at radius 1 is 1.46 bits per heavy atom. The molecule has 0 fully saturated rings. The fourth-order valence-electron chi connectivity index (χ4n) is 0.966. The van der Waals surface area contributed by atoms with E-state index < -0.39 is 5.60 Å². The van der Waals surface area contributed by atoms with Gasteiger partial charge in [0.2, 0.25) is 0 Å². The van der Waals surface area contributed by atoms with Crippen molar-refractivity contribution in [1.29, 1.82) is 0 Å². The summed E-state index contributed by atoms with van der Waals surface area (Å²) in [4.78, 5) is 10.8. The predicted molar refractivity (Wildman–Crippen MR) is 51.1 cm³/mol. The Hall–Kier alpha value is -1.33. The van der Waals surface area contributed by atoms with Gasteiger partial charge in [-0.2, -0.15) is 0 Å². The minimum absolute atomic E-state index is 0.00245. The molecule has 0 saturated heterocycles. The molecule has 0 N–H and O–H groups in total. The van der Waals surface area contributed by atoms with Crippen LogP contribution in [0.4, 0.5) is 0 Å². The second kappa shape index (κ2) is 4.06. The molecule has 2 nitrogen and oxygen atoms in total. The smallest absolute Gasteiger partial charge is 0.178 e. The molecule has 0 aromatic rings. The normalized spacial score (nSPS) is 18.2. The zero-order chi connectivity index (χ0) is 9.73. The minimum Gasteiger partial charge on any atom is -0.354 e. The predicted octanol–water partition coefficient (Wildman–Crippen LogP) is 1.48. The molecule has 0 saturated carbocycles. The van der Waals surface area contributed by atoms with Crippen LogP contribution in [0.15, 0.2) is 24.3 Å². The molecule has 0 unspecified atom stereocenters. The van der Waals surface area contributed by atoms with Gasteiger partial charge >= 0.3 is 0 Å². The Labute approximate surface area is 78.3 Å². The van der Waals surface area contributed by atoms with Gasteiger partial charge < -0.3 is 4.74 Å². The number of rotatable bonds is 2. The number of ether oxygens (including phenoxy) is 1. The van der Waals surface area contributed by atoms with Crippen molar-refractivity contribution in [3.63, 3.8) is 0 Å². The van der Waals surface area contributed by atoms with E-state index in [2.05, 4.69) is 11.8 Å². The lowest BCUT2D eigenvalue weighted by Gasteiger charge is -2.22. The maximum absolute atomic E-state index is 10.8. The van der Waals surface area contributed by atoms with Gasteiger partial charge in [-0.25, -0.2) is 0 Å². The lowest BCUT2D eigenvalue weighted by atomic mass is 10.00. The molecule has 13 heavy (non-hydrogen) atoms. The van der Waals surface area contributed by atoms with E-state index in [1.165, 1.54) is 12.2 Å².